The van der Waals surface area contributed by atoms with E-state index in [0.717, 1.165) is 43.1 Å². The quantitative estimate of drug-likeness (QED) is 0.893. The smallest absolute Gasteiger partial charge is 0.314 e. The summed E-state index contributed by atoms with van der Waals surface area (Å²) < 4.78 is 0. The molecule has 4 nitrogen and oxygen atoms in total. The van der Waals surface area contributed by atoms with E-state index in [4.69, 9.17) is 17.3 Å². The van der Waals surface area contributed by atoms with Crippen molar-refractivity contribution in [2.75, 3.05) is 13.1 Å². The van der Waals surface area contributed by atoms with Crippen molar-refractivity contribution in [1.29, 1.82) is 0 Å². The summed E-state index contributed by atoms with van der Waals surface area (Å²) in [5, 5.41) is 4.33. The van der Waals surface area contributed by atoms with Crippen LogP contribution >= 0.6 is 11.6 Å². The highest BCUT2D eigenvalue weighted by Gasteiger charge is 2.20. The van der Waals surface area contributed by atoms with Gasteiger partial charge in [0, 0.05) is 30.7 Å². The summed E-state index contributed by atoms with van der Waals surface area (Å²) in [5.41, 5.74) is 7.60. The van der Waals surface area contributed by atoms with Gasteiger partial charge in [-0.25, -0.2) is 4.79 Å². The molecule has 1 aliphatic heterocycles. The molecule has 0 unspecified atom stereocenters. The number of hydrogen-bond acceptors (Lipinski definition) is 2. The predicted molar refractivity (Wildman–Crippen MR) is 77.2 cm³/mol. The average Bonchev–Trinajstić information content (AvgIpc) is 2.40. The molecule has 0 aromatic heterocycles. The minimum absolute atomic E-state index is 0.313. The SMILES string of the molecule is Cc1cc(CNC2CCN(C(N)=O)CC2)ccc1Cl. The maximum absolute atomic E-state index is 11.0. The summed E-state index contributed by atoms with van der Waals surface area (Å²) >= 11 is 6.01. The highest BCUT2D eigenvalue weighted by molar-refractivity contribution is 6.31. The molecule has 104 valence electrons. The Bertz CT molecular complexity index is 456. The lowest BCUT2D eigenvalue weighted by Crippen LogP contribution is -2.46. The number of aryl methyl sites for hydroxylation is 1. The number of carbonyl (C=O) groups excluding carboxylic acids is 1. The van der Waals surface area contributed by atoms with E-state index >= 15 is 0 Å². The summed E-state index contributed by atoms with van der Waals surface area (Å²) in [6.07, 6.45) is 1.91. The van der Waals surface area contributed by atoms with Crippen molar-refractivity contribution in [2.24, 2.45) is 5.73 Å². The van der Waals surface area contributed by atoms with Crippen LogP contribution in [0.3, 0.4) is 0 Å². The standard InChI is InChI=1S/C14H20ClN3O/c1-10-8-11(2-3-13(10)15)9-17-12-4-6-18(7-5-12)14(16)19/h2-3,8,12,17H,4-7,9H2,1H3,(H2,16,19). The van der Waals surface area contributed by atoms with Gasteiger partial charge in [0.2, 0.25) is 0 Å². The van der Waals surface area contributed by atoms with Crippen LogP contribution in [0.1, 0.15) is 24.0 Å². The number of benzene rings is 1. The fourth-order valence-corrected chi connectivity index (χ4v) is 2.50. The molecule has 19 heavy (non-hydrogen) atoms. The van der Waals surface area contributed by atoms with Crippen LogP contribution in [-0.2, 0) is 6.54 Å². The average molecular weight is 282 g/mol. The second-order valence-corrected chi connectivity index (χ2v) is 5.47. The monoisotopic (exact) mass is 281 g/mol. The topological polar surface area (TPSA) is 58.4 Å². The van der Waals surface area contributed by atoms with Crippen LogP contribution in [0.5, 0.6) is 0 Å². The van der Waals surface area contributed by atoms with Gasteiger partial charge in [-0.2, -0.15) is 0 Å². The maximum atomic E-state index is 11.0. The van der Waals surface area contributed by atoms with E-state index in [1.54, 1.807) is 4.90 Å². The Morgan fingerprint density at radius 3 is 2.74 bits per heavy atom. The van der Waals surface area contributed by atoms with Gasteiger partial charge < -0.3 is 16.0 Å². The van der Waals surface area contributed by atoms with E-state index in [1.807, 2.05) is 19.1 Å². The minimum atomic E-state index is -0.313. The summed E-state index contributed by atoms with van der Waals surface area (Å²) in [6.45, 7) is 4.33. The van der Waals surface area contributed by atoms with E-state index in [0.29, 0.717) is 6.04 Å². The number of hydrogen-bond donors (Lipinski definition) is 2. The molecule has 1 heterocycles. The molecule has 2 rings (SSSR count). The Morgan fingerprint density at radius 1 is 1.47 bits per heavy atom. The molecule has 1 fully saturated rings. The third-order valence-electron chi connectivity index (χ3n) is 3.62. The highest BCUT2D eigenvalue weighted by Crippen LogP contribution is 2.17. The van der Waals surface area contributed by atoms with Crippen molar-refractivity contribution in [3.63, 3.8) is 0 Å². The molecule has 0 radical (unpaired) electrons. The van der Waals surface area contributed by atoms with Gasteiger partial charge in [-0.15, -0.1) is 0 Å². The summed E-state index contributed by atoms with van der Waals surface area (Å²) in [6, 6.07) is 6.22. The van der Waals surface area contributed by atoms with Gasteiger partial charge >= 0.3 is 6.03 Å². The van der Waals surface area contributed by atoms with Gasteiger partial charge in [0.15, 0.2) is 0 Å². The highest BCUT2D eigenvalue weighted by atomic mass is 35.5. The zero-order chi connectivity index (χ0) is 13.8. The lowest BCUT2D eigenvalue weighted by Gasteiger charge is -2.31. The molecule has 0 saturated carbocycles. The van der Waals surface area contributed by atoms with Gasteiger partial charge in [-0.3, -0.25) is 0 Å². The number of halogens is 1. The van der Waals surface area contributed by atoms with E-state index < -0.39 is 0 Å². The Kier molecular flexibility index (Phi) is 4.66. The van der Waals surface area contributed by atoms with Crippen LogP contribution in [0.25, 0.3) is 0 Å². The first kappa shape index (κ1) is 14.2. The zero-order valence-corrected chi connectivity index (χ0v) is 11.9. The Hall–Kier alpha value is -1.26. The van der Waals surface area contributed by atoms with Crippen LogP contribution in [0.2, 0.25) is 5.02 Å². The number of rotatable bonds is 3. The number of amides is 2. The minimum Gasteiger partial charge on any atom is -0.351 e. The lowest BCUT2D eigenvalue weighted by molar-refractivity contribution is 0.185. The zero-order valence-electron chi connectivity index (χ0n) is 11.2. The molecular formula is C14H20ClN3O. The van der Waals surface area contributed by atoms with Crippen LogP contribution in [0.4, 0.5) is 4.79 Å². The molecule has 3 N–H and O–H groups in total. The summed E-state index contributed by atoms with van der Waals surface area (Å²) in [5.74, 6) is 0. The molecule has 0 bridgehead atoms. The van der Waals surface area contributed by atoms with Gasteiger partial charge in [0.25, 0.3) is 0 Å². The second kappa shape index (κ2) is 6.26. The van der Waals surface area contributed by atoms with Crippen molar-refractivity contribution < 1.29 is 4.79 Å². The first-order valence-electron chi connectivity index (χ1n) is 6.59. The molecule has 1 aromatic carbocycles. The lowest BCUT2D eigenvalue weighted by atomic mass is 10.0. The van der Waals surface area contributed by atoms with Crippen molar-refractivity contribution in [1.82, 2.24) is 10.2 Å². The molecule has 1 aromatic rings. The van der Waals surface area contributed by atoms with Gasteiger partial charge in [0.05, 0.1) is 0 Å². The Labute approximate surface area is 118 Å². The predicted octanol–water partition coefficient (Wildman–Crippen LogP) is 2.28. The Morgan fingerprint density at radius 2 is 2.16 bits per heavy atom. The molecule has 5 heteroatoms. The number of carbonyl (C=O) groups is 1. The molecule has 2 amide bonds. The Balaban J connectivity index is 1.80. The fourth-order valence-electron chi connectivity index (χ4n) is 2.38. The third kappa shape index (κ3) is 3.85. The largest absolute Gasteiger partial charge is 0.351 e. The van der Waals surface area contributed by atoms with Crippen molar-refractivity contribution >= 4 is 17.6 Å². The van der Waals surface area contributed by atoms with Crippen LogP contribution in [0, 0.1) is 6.92 Å². The van der Waals surface area contributed by atoms with Crippen LogP contribution < -0.4 is 11.1 Å². The number of nitrogens with zero attached hydrogens (tertiary/aromatic N) is 1. The van der Waals surface area contributed by atoms with Crippen LogP contribution in [0.15, 0.2) is 18.2 Å². The first-order chi connectivity index (χ1) is 9.06. The number of urea groups is 1. The maximum Gasteiger partial charge on any atom is 0.314 e. The van der Waals surface area contributed by atoms with Gasteiger partial charge in [0.1, 0.15) is 0 Å². The molecule has 0 aliphatic carbocycles. The number of primary amides is 1. The van der Waals surface area contributed by atoms with E-state index in [2.05, 4.69) is 11.4 Å². The number of piperidine rings is 1. The summed E-state index contributed by atoms with van der Waals surface area (Å²) in [7, 11) is 0. The van der Waals surface area contributed by atoms with Crippen molar-refractivity contribution in [2.45, 2.75) is 32.4 Å². The molecule has 1 aliphatic rings. The van der Waals surface area contributed by atoms with Gasteiger partial charge in [-0.05, 0) is 37.0 Å². The number of likely N-dealkylation sites (tertiary alicyclic amines) is 1. The molecule has 0 atom stereocenters. The molecule has 0 spiro atoms. The van der Waals surface area contributed by atoms with E-state index in [1.165, 1.54) is 5.56 Å². The van der Waals surface area contributed by atoms with Crippen molar-refractivity contribution in [3.8, 4) is 0 Å². The number of nitrogens with two attached hydrogens (primary N) is 1. The van der Waals surface area contributed by atoms with Crippen molar-refractivity contribution in [3.05, 3.63) is 34.3 Å². The van der Waals surface area contributed by atoms with Gasteiger partial charge in [-0.1, -0.05) is 23.7 Å². The van der Waals surface area contributed by atoms with Crippen LogP contribution in [-0.4, -0.2) is 30.1 Å². The van der Waals surface area contributed by atoms with E-state index in [-0.39, 0.29) is 6.03 Å². The molecule has 1 saturated heterocycles. The first-order valence-corrected chi connectivity index (χ1v) is 6.97. The third-order valence-corrected chi connectivity index (χ3v) is 4.05. The molecular weight excluding hydrogens is 262 g/mol. The summed E-state index contributed by atoms with van der Waals surface area (Å²) in [4.78, 5) is 12.7. The number of nitrogens with one attached hydrogen (secondary N) is 1. The fraction of sp³-hybridized carbons (Fsp3) is 0.500. The van der Waals surface area contributed by atoms with E-state index in [9.17, 15) is 4.79 Å². The normalized spacial score (nSPS) is 16.6. The second-order valence-electron chi connectivity index (χ2n) is 5.06.